The second-order valence-corrected chi connectivity index (χ2v) is 2.99. The Morgan fingerprint density at radius 3 is 2.60 bits per heavy atom. The maximum Gasteiger partial charge on any atom is 0.0582 e. The van der Waals surface area contributed by atoms with Crippen molar-refractivity contribution in [3.05, 3.63) is 12.2 Å². The molecule has 3 N–H and O–H groups in total. The summed E-state index contributed by atoms with van der Waals surface area (Å²) in [5.74, 6) is 0.696. The number of hydrogen-bond donors (Lipinski definition) is 2. The third kappa shape index (κ3) is 2.12. The summed E-state index contributed by atoms with van der Waals surface area (Å²) in [7, 11) is 0. The highest BCUT2D eigenvalue weighted by Gasteiger charge is 2.13. The van der Waals surface area contributed by atoms with Gasteiger partial charge >= 0.3 is 0 Å². The van der Waals surface area contributed by atoms with Crippen molar-refractivity contribution < 1.29 is 5.11 Å². The van der Waals surface area contributed by atoms with E-state index in [2.05, 4.69) is 12.2 Å². The third-order valence-corrected chi connectivity index (χ3v) is 1.98. The summed E-state index contributed by atoms with van der Waals surface area (Å²) in [5.41, 5.74) is 5.58. The zero-order valence-electron chi connectivity index (χ0n) is 6.16. The first-order valence-electron chi connectivity index (χ1n) is 3.84. The molecule has 0 saturated carbocycles. The molecule has 1 atom stereocenters. The number of nitrogens with two attached hydrogens (primary N) is 1. The van der Waals surface area contributed by atoms with E-state index in [0.717, 1.165) is 19.3 Å². The summed E-state index contributed by atoms with van der Waals surface area (Å²) < 4.78 is 0. The number of rotatable bonds is 3. The van der Waals surface area contributed by atoms with Crippen molar-refractivity contribution in [1.82, 2.24) is 0 Å². The molecule has 1 rings (SSSR count). The molecule has 0 aliphatic heterocycles. The van der Waals surface area contributed by atoms with E-state index in [1.165, 1.54) is 0 Å². The monoisotopic (exact) mass is 141 g/mol. The fourth-order valence-electron chi connectivity index (χ4n) is 1.37. The Bertz CT molecular complexity index is 114. The van der Waals surface area contributed by atoms with E-state index in [1.807, 2.05) is 0 Å². The molecular weight excluding hydrogens is 126 g/mol. The lowest BCUT2D eigenvalue weighted by atomic mass is 9.99. The summed E-state index contributed by atoms with van der Waals surface area (Å²) in [6, 6.07) is -0.00935. The molecule has 1 aliphatic carbocycles. The van der Waals surface area contributed by atoms with Crippen LogP contribution >= 0.6 is 0 Å². The van der Waals surface area contributed by atoms with Crippen LogP contribution in [0.15, 0.2) is 12.2 Å². The van der Waals surface area contributed by atoms with Crippen LogP contribution in [0.2, 0.25) is 0 Å². The van der Waals surface area contributed by atoms with E-state index in [-0.39, 0.29) is 12.6 Å². The van der Waals surface area contributed by atoms with E-state index in [9.17, 15) is 0 Å². The van der Waals surface area contributed by atoms with Gasteiger partial charge in [0.2, 0.25) is 0 Å². The fraction of sp³-hybridized carbons (Fsp3) is 0.750. The fourth-order valence-corrected chi connectivity index (χ4v) is 1.37. The van der Waals surface area contributed by atoms with Crippen LogP contribution in [0.5, 0.6) is 0 Å². The molecule has 10 heavy (non-hydrogen) atoms. The molecular formula is C8H15NO. The molecule has 2 nitrogen and oxygen atoms in total. The first kappa shape index (κ1) is 7.76. The van der Waals surface area contributed by atoms with Gasteiger partial charge in [-0.1, -0.05) is 12.2 Å². The summed E-state index contributed by atoms with van der Waals surface area (Å²) >= 11 is 0. The van der Waals surface area contributed by atoms with Gasteiger partial charge in [0, 0.05) is 6.04 Å². The van der Waals surface area contributed by atoms with Crippen LogP contribution in [-0.2, 0) is 0 Å². The van der Waals surface area contributed by atoms with Gasteiger partial charge in [-0.15, -0.1) is 0 Å². The Balaban J connectivity index is 2.13. The first-order chi connectivity index (χ1) is 4.83. The lowest BCUT2D eigenvalue weighted by Gasteiger charge is -2.12. The smallest absolute Gasteiger partial charge is 0.0582 e. The van der Waals surface area contributed by atoms with Gasteiger partial charge < -0.3 is 10.8 Å². The number of aliphatic hydroxyl groups is 1. The third-order valence-electron chi connectivity index (χ3n) is 1.98. The van der Waals surface area contributed by atoms with Crippen LogP contribution in [0, 0.1) is 5.92 Å². The standard InChI is InChI=1S/C8H15NO/c9-8(6-10)5-7-3-1-2-4-7/h1-2,7-8,10H,3-6,9H2. The quantitative estimate of drug-likeness (QED) is 0.567. The Kier molecular flexibility index (Phi) is 2.90. The van der Waals surface area contributed by atoms with Crippen LogP contribution in [0.3, 0.4) is 0 Å². The molecule has 0 spiro atoms. The zero-order chi connectivity index (χ0) is 7.40. The molecule has 0 radical (unpaired) electrons. The number of aliphatic hydroxyl groups excluding tert-OH is 1. The summed E-state index contributed by atoms with van der Waals surface area (Å²) in [4.78, 5) is 0. The Morgan fingerprint density at radius 1 is 1.50 bits per heavy atom. The lowest BCUT2D eigenvalue weighted by molar-refractivity contribution is 0.246. The molecule has 0 bridgehead atoms. The molecule has 0 amide bonds. The van der Waals surface area contributed by atoms with Gasteiger partial charge in [-0.05, 0) is 25.2 Å². The molecule has 0 aromatic heterocycles. The topological polar surface area (TPSA) is 46.2 Å². The maximum absolute atomic E-state index is 8.65. The van der Waals surface area contributed by atoms with Crippen molar-refractivity contribution in [2.75, 3.05) is 6.61 Å². The molecule has 0 saturated heterocycles. The van der Waals surface area contributed by atoms with Crippen LogP contribution in [0.25, 0.3) is 0 Å². The molecule has 0 fully saturated rings. The van der Waals surface area contributed by atoms with Crippen LogP contribution in [0.4, 0.5) is 0 Å². The molecule has 58 valence electrons. The minimum absolute atomic E-state index is 0.00935. The molecule has 1 aliphatic rings. The average Bonchev–Trinajstić information content (AvgIpc) is 2.40. The highest BCUT2D eigenvalue weighted by Crippen LogP contribution is 2.21. The Labute approximate surface area is 61.7 Å². The molecule has 1 unspecified atom stereocenters. The van der Waals surface area contributed by atoms with Crippen LogP contribution < -0.4 is 5.73 Å². The van der Waals surface area contributed by atoms with Gasteiger partial charge in [0.25, 0.3) is 0 Å². The second kappa shape index (κ2) is 3.74. The summed E-state index contributed by atoms with van der Waals surface area (Å²) in [6.45, 7) is 0.122. The average molecular weight is 141 g/mol. The van der Waals surface area contributed by atoms with E-state index in [0.29, 0.717) is 5.92 Å². The number of allylic oxidation sites excluding steroid dienone is 2. The maximum atomic E-state index is 8.65. The van der Waals surface area contributed by atoms with E-state index >= 15 is 0 Å². The predicted octanol–water partition coefficient (Wildman–Crippen LogP) is 0.662. The minimum atomic E-state index is -0.00935. The Morgan fingerprint density at radius 2 is 2.10 bits per heavy atom. The molecule has 2 heteroatoms. The van der Waals surface area contributed by atoms with E-state index in [4.69, 9.17) is 10.8 Å². The van der Waals surface area contributed by atoms with Crippen LogP contribution in [0.1, 0.15) is 19.3 Å². The number of hydrogen-bond acceptors (Lipinski definition) is 2. The molecule has 0 aromatic rings. The van der Waals surface area contributed by atoms with Gasteiger partial charge in [0.05, 0.1) is 6.61 Å². The second-order valence-electron chi connectivity index (χ2n) is 2.99. The summed E-state index contributed by atoms with van der Waals surface area (Å²) in [6.07, 6.45) is 7.63. The van der Waals surface area contributed by atoms with Crippen molar-refractivity contribution in [2.45, 2.75) is 25.3 Å². The normalized spacial score (nSPS) is 21.8. The SMILES string of the molecule is NC(CO)CC1CC=CC1. The van der Waals surface area contributed by atoms with Crippen molar-refractivity contribution in [1.29, 1.82) is 0 Å². The van der Waals surface area contributed by atoms with Crippen molar-refractivity contribution in [3.63, 3.8) is 0 Å². The lowest BCUT2D eigenvalue weighted by Crippen LogP contribution is -2.26. The first-order valence-corrected chi connectivity index (χ1v) is 3.84. The zero-order valence-corrected chi connectivity index (χ0v) is 6.16. The van der Waals surface area contributed by atoms with Gasteiger partial charge in [0.1, 0.15) is 0 Å². The van der Waals surface area contributed by atoms with Crippen molar-refractivity contribution >= 4 is 0 Å². The molecule has 0 heterocycles. The van der Waals surface area contributed by atoms with Crippen molar-refractivity contribution in [3.8, 4) is 0 Å². The highest BCUT2D eigenvalue weighted by molar-refractivity contribution is 4.94. The largest absolute Gasteiger partial charge is 0.395 e. The predicted molar refractivity (Wildman–Crippen MR) is 41.5 cm³/mol. The Hall–Kier alpha value is -0.340. The van der Waals surface area contributed by atoms with Gasteiger partial charge in [-0.2, -0.15) is 0 Å². The van der Waals surface area contributed by atoms with Crippen molar-refractivity contribution in [2.24, 2.45) is 11.7 Å². The molecule has 0 aromatic carbocycles. The van der Waals surface area contributed by atoms with E-state index in [1.54, 1.807) is 0 Å². The van der Waals surface area contributed by atoms with Gasteiger partial charge in [-0.3, -0.25) is 0 Å². The van der Waals surface area contributed by atoms with Gasteiger partial charge in [-0.25, -0.2) is 0 Å². The van der Waals surface area contributed by atoms with E-state index < -0.39 is 0 Å². The van der Waals surface area contributed by atoms with Gasteiger partial charge in [0.15, 0.2) is 0 Å². The van der Waals surface area contributed by atoms with Crippen LogP contribution in [-0.4, -0.2) is 17.8 Å². The summed E-state index contributed by atoms with van der Waals surface area (Å²) in [5, 5.41) is 8.65. The minimum Gasteiger partial charge on any atom is -0.395 e. The highest BCUT2D eigenvalue weighted by atomic mass is 16.3.